The number of aromatic amines is 1. The van der Waals surface area contributed by atoms with Crippen molar-refractivity contribution < 1.29 is 9.53 Å². The SMILES string of the molecule is CCCCCCC1CN(c2ccc3cn[nH]c(=O)c3c2)C(=O)O1. The predicted octanol–water partition coefficient (Wildman–Crippen LogP) is 3.22. The summed E-state index contributed by atoms with van der Waals surface area (Å²) in [4.78, 5) is 25.5. The second-order valence-electron chi connectivity index (χ2n) is 5.94. The monoisotopic (exact) mass is 315 g/mol. The first kappa shape index (κ1) is 15.5. The molecule has 122 valence electrons. The number of nitrogens with one attached hydrogen (secondary N) is 1. The van der Waals surface area contributed by atoms with Crippen LogP contribution in [0.25, 0.3) is 10.8 Å². The number of rotatable bonds is 6. The highest BCUT2D eigenvalue weighted by Crippen LogP contribution is 2.26. The zero-order valence-electron chi connectivity index (χ0n) is 13.2. The molecule has 1 aliphatic heterocycles. The van der Waals surface area contributed by atoms with Crippen molar-refractivity contribution in [1.82, 2.24) is 10.2 Å². The Morgan fingerprint density at radius 2 is 2.17 bits per heavy atom. The van der Waals surface area contributed by atoms with Crippen LogP contribution in [0, 0.1) is 0 Å². The van der Waals surface area contributed by atoms with Gasteiger partial charge in [-0.3, -0.25) is 9.69 Å². The summed E-state index contributed by atoms with van der Waals surface area (Å²) in [5, 5.41) is 7.46. The molecule has 1 aliphatic rings. The summed E-state index contributed by atoms with van der Waals surface area (Å²) in [6.07, 6.45) is 6.73. The molecule has 0 aliphatic carbocycles. The number of carbonyl (C=O) groups excluding carboxylic acids is 1. The summed E-state index contributed by atoms with van der Waals surface area (Å²) in [7, 11) is 0. The zero-order valence-corrected chi connectivity index (χ0v) is 13.2. The second-order valence-corrected chi connectivity index (χ2v) is 5.94. The van der Waals surface area contributed by atoms with Gasteiger partial charge in [0.1, 0.15) is 6.10 Å². The van der Waals surface area contributed by atoms with Gasteiger partial charge in [0.2, 0.25) is 0 Å². The topological polar surface area (TPSA) is 75.3 Å². The van der Waals surface area contributed by atoms with E-state index in [1.807, 2.05) is 6.07 Å². The largest absolute Gasteiger partial charge is 0.444 e. The molecular formula is C17H21N3O3. The molecule has 1 aromatic heterocycles. The number of hydrogen-bond donors (Lipinski definition) is 1. The van der Waals surface area contributed by atoms with E-state index >= 15 is 0 Å². The number of nitrogens with zero attached hydrogens (tertiary/aromatic N) is 2. The number of anilines is 1. The Labute approximate surface area is 134 Å². The van der Waals surface area contributed by atoms with E-state index in [0.29, 0.717) is 17.6 Å². The summed E-state index contributed by atoms with van der Waals surface area (Å²) in [6, 6.07) is 5.34. The number of carbonyl (C=O) groups is 1. The molecule has 3 rings (SSSR count). The minimum Gasteiger partial charge on any atom is -0.444 e. The Kier molecular flexibility index (Phi) is 4.60. The maximum absolute atomic E-state index is 12.1. The average Bonchev–Trinajstić information content (AvgIpc) is 2.93. The van der Waals surface area contributed by atoms with E-state index in [4.69, 9.17) is 4.74 Å². The lowest BCUT2D eigenvalue weighted by atomic mass is 10.1. The molecule has 1 aromatic carbocycles. The van der Waals surface area contributed by atoms with Crippen molar-refractivity contribution in [3.8, 4) is 0 Å². The van der Waals surface area contributed by atoms with Crippen LogP contribution in [0.1, 0.15) is 39.0 Å². The van der Waals surface area contributed by atoms with Crippen molar-refractivity contribution in [3.05, 3.63) is 34.7 Å². The second kappa shape index (κ2) is 6.81. The number of unbranched alkanes of at least 4 members (excludes halogenated alkanes) is 3. The Hall–Kier alpha value is -2.37. The first-order valence-electron chi connectivity index (χ1n) is 8.14. The smallest absolute Gasteiger partial charge is 0.414 e. The Morgan fingerprint density at radius 3 is 3.00 bits per heavy atom. The Bertz CT molecular complexity index is 756. The quantitative estimate of drug-likeness (QED) is 0.830. The molecule has 1 saturated heterocycles. The molecule has 0 bridgehead atoms. The van der Waals surface area contributed by atoms with E-state index in [1.165, 1.54) is 19.3 Å². The number of hydrogen-bond acceptors (Lipinski definition) is 4. The summed E-state index contributed by atoms with van der Waals surface area (Å²) in [5.74, 6) is 0. The lowest BCUT2D eigenvalue weighted by Gasteiger charge is -2.13. The normalized spacial score (nSPS) is 17.7. The molecule has 0 spiro atoms. The summed E-state index contributed by atoms with van der Waals surface area (Å²) in [6.45, 7) is 2.72. The van der Waals surface area contributed by atoms with Crippen molar-refractivity contribution in [2.75, 3.05) is 11.4 Å². The first-order valence-corrected chi connectivity index (χ1v) is 8.14. The van der Waals surface area contributed by atoms with E-state index < -0.39 is 0 Å². The van der Waals surface area contributed by atoms with E-state index in [2.05, 4.69) is 17.1 Å². The van der Waals surface area contributed by atoms with Crippen molar-refractivity contribution in [1.29, 1.82) is 0 Å². The predicted molar refractivity (Wildman–Crippen MR) is 88.7 cm³/mol. The molecule has 6 heteroatoms. The van der Waals surface area contributed by atoms with Crippen molar-refractivity contribution in [3.63, 3.8) is 0 Å². The van der Waals surface area contributed by atoms with Crippen LogP contribution in [0.15, 0.2) is 29.2 Å². The third kappa shape index (κ3) is 3.36. The average molecular weight is 315 g/mol. The lowest BCUT2D eigenvalue weighted by Crippen LogP contribution is -2.24. The molecule has 2 aromatic rings. The third-order valence-electron chi connectivity index (χ3n) is 4.22. The van der Waals surface area contributed by atoms with E-state index in [0.717, 1.165) is 18.2 Å². The van der Waals surface area contributed by atoms with Gasteiger partial charge in [-0.25, -0.2) is 9.89 Å². The van der Waals surface area contributed by atoms with Gasteiger partial charge in [-0.05, 0) is 25.0 Å². The van der Waals surface area contributed by atoms with Gasteiger partial charge < -0.3 is 4.74 Å². The molecule has 1 amide bonds. The lowest BCUT2D eigenvalue weighted by molar-refractivity contribution is 0.135. The van der Waals surface area contributed by atoms with Crippen LogP contribution < -0.4 is 10.5 Å². The van der Waals surface area contributed by atoms with Gasteiger partial charge in [0.15, 0.2) is 0 Å². The highest BCUT2D eigenvalue weighted by atomic mass is 16.6. The third-order valence-corrected chi connectivity index (χ3v) is 4.22. The van der Waals surface area contributed by atoms with Gasteiger partial charge in [-0.2, -0.15) is 5.10 Å². The van der Waals surface area contributed by atoms with Crippen LogP contribution in [0.4, 0.5) is 10.5 Å². The highest BCUT2D eigenvalue weighted by Gasteiger charge is 2.31. The number of ether oxygens (including phenoxy) is 1. The van der Waals surface area contributed by atoms with Crippen LogP contribution in [-0.4, -0.2) is 28.9 Å². The molecule has 1 N–H and O–H groups in total. The van der Waals surface area contributed by atoms with Gasteiger partial charge in [-0.15, -0.1) is 0 Å². The standard InChI is InChI=1S/C17H21N3O3/c1-2-3-4-5-6-14-11-20(17(22)23-14)13-8-7-12-10-18-19-16(21)15(12)9-13/h7-10,14H,2-6,11H2,1H3,(H,19,21). The van der Waals surface area contributed by atoms with E-state index in [1.54, 1.807) is 23.2 Å². The summed E-state index contributed by atoms with van der Waals surface area (Å²) < 4.78 is 5.44. The molecule has 1 atom stereocenters. The fraction of sp³-hybridized carbons (Fsp3) is 0.471. The van der Waals surface area contributed by atoms with Crippen LogP contribution >= 0.6 is 0 Å². The highest BCUT2D eigenvalue weighted by molar-refractivity contribution is 5.93. The van der Waals surface area contributed by atoms with Crippen LogP contribution in [0.3, 0.4) is 0 Å². The molecule has 1 unspecified atom stereocenters. The van der Waals surface area contributed by atoms with Gasteiger partial charge in [0.05, 0.1) is 18.1 Å². The first-order chi connectivity index (χ1) is 11.2. The Morgan fingerprint density at radius 1 is 1.30 bits per heavy atom. The summed E-state index contributed by atoms with van der Waals surface area (Å²) in [5.41, 5.74) is 0.434. The minimum absolute atomic E-state index is 0.0641. The molecule has 2 heterocycles. The number of amides is 1. The van der Waals surface area contributed by atoms with Gasteiger partial charge in [-0.1, -0.05) is 32.3 Å². The van der Waals surface area contributed by atoms with Gasteiger partial charge in [0.25, 0.3) is 5.56 Å². The number of H-pyrrole nitrogens is 1. The fourth-order valence-electron chi connectivity index (χ4n) is 2.92. The van der Waals surface area contributed by atoms with Crippen molar-refractivity contribution in [2.24, 2.45) is 0 Å². The van der Waals surface area contributed by atoms with E-state index in [-0.39, 0.29) is 17.8 Å². The minimum atomic E-state index is -0.338. The molecule has 6 nitrogen and oxygen atoms in total. The molecular weight excluding hydrogens is 294 g/mol. The number of aromatic nitrogens is 2. The maximum atomic E-state index is 12.1. The van der Waals surface area contributed by atoms with Crippen molar-refractivity contribution >= 4 is 22.6 Å². The Balaban J connectivity index is 1.73. The molecule has 23 heavy (non-hydrogen) atoms. The molecule has 0 saturated carbocycles. The zero-order chi connectivity index (χ0) is 16.2. The maximum Gasteiger partial charge on any atom is 0.414 e. The number of fused-ring (bicyclic) bond motifs is 1. The fourth-order valence-corrected chi connectivity index (χ4v) is 2.92. The van der Waals surface area contributed by atoms with E-state index in [9.17, 15) is 9.59 Å². The van der Waals surface area contributed by atoms with Crippen LogP contribution in [0.5, 0.6) is 0 Å². The van der Waals surface area contributed by atoms with Gasteiger partial charge in [0, 0.05) is 11.1 Å². The summed E-state index contributed by atoms with van der Waals surface area (Å²) >= 11 is 0. The number of benzene rings is 1. The molecule has 0 radical (unpaired) electrons. The van der Waals surface area contributed by atoms with Crippen LogP contribution in [0.2, 0.25) is 0 Å². The number of cyclic esters (lactones) is 1. The van der Waals surface area contributed by atoms with Crippen LogP contribution in [-0.2, 0) is 4.74 Å². The van der Waals surface area contributed by atoms with Gasteiger partial charge >= 0.3 is 6.09 Å². The van der Waals surface area contributed by atoms with Crippen molar-refractivity contribution in [2.45, 2.75) is 45.1 Å². The molecule has 1 fully saturated rings.